The summed E-state index contributed by atoms with van der Waals surface area (Å²) in [5.41, 5.74) is 2.10. The van der Waals surface area contributed by atoms with E-state index < -0.39 is 68.2 Å². The molecule has 1 aromatic rings. The lowest BCUT2D eigenvalue weighted by atomic mass is 9.95. The number of nitrogens with zero attached hydrogens (tertiary/aromatic N) is 3. The summed E-state index contributed by atoms with van der Waals surface area (Å²) in [6.45, 7) is 3.31. The Morgan fingerprint density at radius 2 is 1.87 bits per heavy atom. The van der Waals surface area contributed by atoms with E-state index in [0.717, 1.165) is 16.7 Å². The molecule has 0 aliphatic carbocycles. The van der Waals surface area contributed by atoms with Gasteiger partial charge in [0.1, 0.15) is 17.5 Å². The van der Waals surface area contributed by atoms with Crippen molar-refractivity contribution in [1.82, 2.24) is 25.0 Å². The predicted octanol–water partition coefficient (Wildman–Crippen LogP) is -0.650. The number of urea groups is 1. The number of aliphatic carboxylic acids is 1. The van der Waals surface area contributed by atoms with Gasteiger partial charge in [-0.25, -0.2) is 25.2 Å². The van der Waals surface area contributed by atoms with Gasteiger partial charge in [-0.05, 0) is 19.4 Å². The minimum atomic E-state index is -4.93. The van der Waals surface area contributed by atoms with Crippen LogP contribution in [0.3, 0.4) is 0 Å². The van der Waals surface area contributed by atoms with Gasteiger partial charge in [0.25, 0.3) is 5.91 Å². The fourth-order valence-corrected chi connectivity index (χ4v) is 7.78. The number of carboxylic acids is 1. The third kappa shape index (κ3) is 4.93. The summed E-state index contributed by atoms with van der Waals surface area (Å²) >= 11 is 7.11. The Morgan fingerprint density at radius 3 is 2.39 bits per heavy atom. The Bertz CT molecular complexity index is 1320. The van der Waals surface area contributed by atoms with Crippen molar-refractivity contribution in [1.29, 1.82) is 0 Å². The molecule has 3 fully saturated rings. The van der Waals surface area contributed by atoms with Crippen molar-refractivity contribution in [2.45, 2.75) is 42.1 Å². The Hall–Kier alpha value is -2.93. The number of carbonyl (C=O) groups is 5. The van der Waals surface area contributed by atoms with Gasteiger partial charge in [0.15, 0.2) is 10.4 Å². The number of fused-ring (bicyclic) bond motifs is 1. The minimum absolute atomic E-state index is 0.0327. The molecule has 0 bridgehead atoms. The largest absolute Gasteiger partial charge is 0.480 e. The van der Waals surface area contributed by atoms with Crippen LogP contribution in [0.25, 0.3) is 0 Å². The lowest BCUT2D eigenvalue weighted by Crippen LogP contribution is -2.71. The molecule has 0 spiro atoms. The number of amides is 5. The number of thiocarbonyl (C=S) groups is 1. The normalized spacial score (nSPS) is 24.9. The molecule has 18 heteroatoms. The van der Waals surface area contributed by atoms with E-state index >= 15 is 0 Å². The first-order chi connectivity index (χ1) is 17.6. The van der Waals surface area contributed by atoms with E-state index in [1.54, 1.807) is 19.9 Å². The second-order valence-electron chi connectivity index (χ2n) is 8.94. The number of rotatable bonds is 7. The number of carbonyl (C=O) groups excluding carboxylic acids is 4. The van der Waals surface area contributed by atoms with Crippen LogP contribution in [0.2, 0.25) is 0 Å². The average molecular weight is 603 g/mol. The second kappa shape index (κ2) is 9.99. The van der Waals surface area contributed by atoms with Crippen molar-refractivity contribution in [3.8, 4) is 0 Å². The van der Waals surface area contributed by atoms with Gasteiger partial charge in [-0.1, -0.05) is 54.3 Å². The maximum Gasteiger partial charge on any atom is 0.352 e. The van der Waals surface area contributed by atoms with Crippen LogP contribution in [-0.2, 0) is 29.4 Å². The van der Waals surface area contributed by atoms with Crippen LogP contribution >= 0.6 is 35.7 Å². The molecule has 3 heterocycles. The van der Waals surface area contributed by atoms with Crippen LogP contribution in [0, 0.1) is 0 Å². The zero-order valence-corrected chi connectivity index (χ0v) is 23.0. The first-order valence-corrected chi connectivity index (χ1v) is 14.6. The molecule has 1 unspecified atom stereocenters. The van der Waals surface area contributed by atoms with Crippen LogP contribution in [-0.4, -0.2) is 89.7 Å². The van der Waals surface area contributed by atoms with E-state index in [0.29, 0.717) is 5.01 Å². The number of nitrogens with two attached hydrogens (primary N) is 1. The topological polar surface area (TPSA) is 200 Å². The quantitative estimate of drug-likeness (QED) is 0.228. The highest BCUT2D eigenvalue weighted by molar-refractivity contribution is 8.23. The molecule has 5 amide bonds. The maximum absolute atomic E-state index is 13.6. The van der Waals surface area contributed by atoms with Gasteiger partial charge in [-0.3, -0.25) is 14.4 Å². The standard InChI is InChI=1S/C20H22N6O8S4/c1-20(2)13(17(30)31)24-15(29)11(16(24)37-20)22-14(28)12(9-6-4-3-5-7-9)26(38(21,33)34)18(32)23-25-10(27)8-36-19(25)35/h3-7,11-13,16H,8H2,1-2H3,(H,22,28)(H,23,32)(H,30,31)(H2,21,33,34)/t11-,12?,13+,16-/m1/s1. The summed E-state index contributed by atoms with van der Waals surface area (Å²) in [5, 5.41) is 17.4. The highest BCUT2D eigenvalue weighted by Gasteiger charge is 2.64. The molecule has 204 valence electrons. The summed E-state index contributed by atoms with van der Waals surface area (Å²) in [6.07, 6.45) is 0. The fourth-order valence-electron chi connectivity index (χ4n) is 4.39. The number of hydrogen-bond acceptors (Lipinski definition) is 10. The molecule has 3 saturated heterocycles. The summed E-state index contributed by atoms with van der Waals surface area (Å²) in [5.74, 6) is -3.63. The summed E-state index contributed by atoms with van der Waals surface area (Å²) in [6, 6.07) is 1.70. The molecule has 38 heavy (non-hydrogen) atoms. The lowest BCUT2D eigenvalue weighted by Gasteiger charge is -2.44. The zero-order valence-electron chi connectivity index (χ0n) is 19.8. The smallest absolute Gasteiger partial charge is 0.352 e. The molecule has 3 aliphatic heterocycles. The van der Waals surface area contributed by atoms with Gasteiger partial charge in [-0.2, -0.15) is 12.7 Å². The number of hydrogen-bond donors (Lipinski definition) is 4. The minimum Gasteiger partial charge on any atom is -0.480 e. The molecular weight excluding hydrogens is 581 g/mol. The van der Waals surface area contributed by atoms with Crippen LogP contribution in [0.1, 0.15) is 25.5 Å². The highest BCUT2D eigenvalue weighted by Crippen LogP contribution is 2.50. The van der Waals surface area contributed by atoms with Crippen molar-refractivity contribution in [2.24, 2.45) is 5.14 Å². The molecule has 4 rings (SSSR count). The van der Waals surface area contributed by atoms with Crippen LogP contribution < -0.4 is 15.9 Å². The van der Waals surface area contributed by atoms with Gasteiger partial charge < -0.3 is 15.3 Å². The zero-order chi connectivity index (χ0) is 28.2. The fraction of sp³-hybridized carbons (Fsp3) is 0.400. The number of benzene rings is 1. The van der Waals surface area contributed by atoms with Crippen molar-refractivity contribution < 1.29 is 37.5 Å². The van der Waals surface area contributed by atoms with Crippen LogP contribution in [0.5, 0.6) is 0 Å². The monoisotopic (exact) mass is 602 g/mol. The molecule has 0 aromatic heterocycles. The van der Waals surface area contributed by atoms with Crippen molar-refractivity contribution in [3.05, 3.63) is 35.9 Å². The van der Waals surface area contributed by atoms with E-state index in [-0.39, 0.29) is 19.9 Å². The summed E-state index contributed by atoms with van der Waals surface area (Å²) < 4.78 is 24.4. The summed E-state index contributed by atoms with van der Waals surface area (Å²) in [7, 11) is -4.93. The van der Waals surface area contributed by atoms with Crippen molar-refractivity contribution in [3.63, 3.8) is 0 Å². The number of thioether (sulfide) groups is 2. The predicted molar refractivity (Wildman–Crippen MR) is 140 cm³/mol. The Labute approximate surface area is 230 Å². The van der Waals surface area contributed by atoms with E-state index in [4.69, 9.17) is 17.4 Å². The molecule has 0 saturated carbocycles. The third-order valence-electron chi connectivity index (χ3n) is 6.00. The molecule has 5 N–H and O–H groups in total. The lowest BCUT2D eigenvalue weighted by molar-refractivity contribution is -0.161. The Balaban J connectivity index is 1.65. The van der Waals surface area contributed by atoms with Gasteiger partial charge in [0.05, 0.1) is 5.75 Å². The second-order valence-corrected chi connectivity index (χ2v) is 13.7. The van der Waals surface area contributed by atoms with Crippen LogP contribution in [0.4, 0.5) is 4.79 Å². The summed E-state index contributed by atoms with van der Waals surface area (Å²) in [4.78, 5) is 64.6. The SMILES string of the molecule is CC1(C)S[C@@H]2[C@H](NC(=O)C(c3ccccc3)N(C(=O)NN3C(=O)CSC3=S)S(N)(=O)=O)C(=O)N2[C@H]1C(=O)O. The van der Waals surface area contributed by atoms with Gasteiger partial charge >= 0.3 is 22.2 Å². The first kappa shape index (κ1) is 28.1. The van der Waals surface area contributed by atoms with Crippen LogP contribution in [0.15, 0.2) is 30.3 Å². The number of hydrazine groups is 1. The molecular formula is C20H22N6O8S4. The van der Waals surface area contributed by atoms with E-state index in [1.165, 1.54) is 36.0 Å². The Morgan fingerprint density at radius 1 is 1.24 bits per heavy atom. The number of nitrogens with one attached hydrogen (secondary N) is 2. The highest BCUT2D eigenvalue weighted by atomic mass is 32.2. The van der Waals surface area contributed by atoms with Crippen molar-refractivity contribution >= 4 is 80.0 Å². The third-order valence-corrected chi connectivity index (χ3v) is 9.86. The van der Waals surface area contributed by atoms with Gasteiger partial charge in [0, 0.05) is 4.75 Å². The number of β-lactam (4-membered cyclic amide) rings is 1. The molecule has 14 nitrogen and oxygen atoms in total. The molecule has 4 atom stereocenters. The van der Waals surface area contributed by atoms with E-state index in [1.807, 2.05) is 0 Å². The van der Waals surface area contributed by atoms with Crippen molar-refractivity contribution in [2.75, 3.05) is 5.75 Å². The Kier molecular flexibility index (Phi) is 7.38. The molecule has 0 radical (unpaired) electrons. The maximum atomic E-state index is 13.6. The number of carboxylic acid groups (broad SMARTS) is 1. The molecule has 1 aromatic carbocycles. The van der Waals surface area contributed by atoms with Gasteiger partial charge in [-0.15, -0.1) is 11.8 Å². The molecule has 3 aliphatic rings. The first-order valence-electron chi connectivity index (χ1n) is 10.9. The van der Waals surface area contributed by atoms with Gasteiger partial charge in [0.2, 0.25) is 11.8 Å². The average Bonchev–Trinajstić information content (AvgIpc) is 3.28. The van der Waals surface area contributed by atoms with E-state index in [9.17, 15) is 37.5 Å². The van der Waals surface area contributed by atoms with E-state index in [2.05, 4.69) is 10.7 Å².